The van der Waals surface area contributed by atoms with Crippen LogP contribution in [0.1, 0.15) is 29.8 Å². The highest BCUT2D eigenvalue weighted by molar-refractivity contribution is 7.89. The Morgan fingerprint density at radius 3 is 2.00 bits per heavy atom. The number of sulfonamides is 1. The first-order valence-electron chi connectivity index (χ1n) is 9.80. The van der Waals surface area contributed by atoms with Crippen molar-refractivity contribution in [2.75, 3.05) is 27.9 Å². The van der Waals surface area contributed by atoms with Gasteiger partial charge in [0, 0.05) is 24.2 Å². The third-order valence-electron chi connectivity index (χ3n) is 4.42. The van der Waals surface area contributed by atoms with Crippen molar-refractivity contribution in [3.8, 4) is 11.5 Å². The molecular formula is C22H28N2O7S. The molecule has 1 N–H and O–H groups in total. The Morgan fingerprint density at radius 2 is 1.53 bits per heavy atom. The number of hydrogen-bond donors (Lipinski definition) is 1. The fraction of sp³-hybridized carbons (Fsp3) is 0.364. The molecule has 0 heterocycles. The van der Waals surface area contributed by atoms with Gasteiger partial charge in [-0.2, -0.15) is 0 Å². The van der Waals surface area contributed by atoms with Gasteiger partial charge in [0.05, 0.1) is 26.2 Å². The van der Waals surface area contributed by atoms with Gasteiger partial charge in [-0.1, -0.05) is 0 Å². The Hall–Kier alpha value is -3.11. The number of nitrogens with zero attached hydrogens (tertiary/aromatic N) is 1. The summed E-state index contributed by atoms with van der Waals surface area (Å²) < 4.78 is 42.4. The maximum absolute atomic E-state index is 13.1. The SMILES string of the molecule is COC(=O)CN(Cc1cc(OC)cc(OC)c1)C(=O)c1ccc(S(=O)(=O)NC(C)C)cc1. The van der Waals surface area contributed by atoms with Crippen LogP contribution in [-0.2, 0) is 26.1 Å². The molecule has 0 bridgehead atoms. The fourth-order valence-corrected chi connectivity index (χ4v) is 4.19. The minimum atomic E-state index is -3.69. The molecule has 0 fully saturated rings. The predicted molar refractivity (Wildman–Crippen MR) is 118 cm³/mol. The summed E-state index contributed by atoms with van der Waals surface area (Å²) >= 11 is 0. The Balaban J connectivity index is 2.33. The van der Waals surface area contributed by atoms with Crippen molar-refractivity contribution >= 4 is 21.9 Å². The van der Waals surface area contributed by atoms with E-state index in [9.17, 15) is 18.0 Å². The number of benzene rings is 2. The number of rotatable bonds is 10. The van der Waals surface area contributed by atoms with Crippen molar-refractivity contribution < 1.29 is 32.2 Å². The number of nitrogens with one attached hydrogen (secondary N) is 1. The standard InChI is InChI=1S/C22H28N2O7S/c1-15(2)23-32(27,28)20-8-6-17(7-9-20)22(26)24(14-21(25)31-5)13-16-10-18(29-3)12-19(11-16)30-4/h6-12,15,23H,13-14H2,1-5H3. The van der Waals surface area contributed by atoms with E-state index in [2.05, 4.69) is 4.72 Å². The number of hydrogen-bond acceptors (Lipinski definition) is 7. The van der Waals surface area contributed by atoms with E-state index in [4.69, 9.17) is 14.2 Å². The molecule has 2 rings (SSSR count). The molecule has 10 heteroatoms. The number of amides is 1. The first-order valence-corrected chi connectivity index (χ1v) is 11.3. The smallest absolute Gasteiger partial charge is 0.325 e. The monoisotopic (exact) mass is 464 g/mol. The highest BCUT2D eigenvalue weighted by Crippen LogP contribution is 2.24. The van der Waals surface area contributed by atoms with E-state index in [1.165, 1.54) is 50.5 Å². The van der Waals surface area contributed by atoms with Gasteiger partial charge in [-0.15, -0.1) is 0 Å². The second-order valence-electron chi connectivity index (χ2n) is 7.26. The number of carbonyl (C=O) groups excluding carboxylic acids is 2. The van der Waals surface area contributed by atoms with Crippen molar-refractivity contribution in [3.63, 3.8) is 0 Å². The fourth-order valence-electron chi connectivity index (χ4n) is 2.94. The third-order valence-corrected chi connectivity index (χ3v) is 6.10. The topological polar surface area (TPSA) is 111 Å². The molecule has 0 unspecified atom stereocenters. The maximum atomic E-state index is 13.1. The number of methoxy groups -OCH3 is 3. The van der Waals surface area contributed by atoms with Crippen molar-refractivity contribution in [3.05, 3.63) is 53.6 Å². The van der Waals surface area contributed by atoms with Crippen LogP contribution < -0.4 is 14.2 Å². The van der Waals surface area contributed by atoms with Gasteiger partial charge in [0.1, 0.15) is 18.0 Å². The Kier molecular flexibility index (Phi) is 8.62. The van der Waals surface area contributed by atoms with Crippen LogP contribution in [0, 0.1) is 0 Å². The molecule has 32 heavy (non-hydrogen) atoms. The number of ether oxygens (including phenoxy) is 3. The zero-order valence-corrected chi connectivity index (χ0v) is 19.6. The van der Waals surface area contributed by atoms with Crippen LogP contribution in [0.3, 0.4) is 0 Å². The summed E-state index contributed by atoms with van der Waals surface area (Å²) in [6.45, 7) is 3.22. The molecule has 0 aliphatic carbocycles. The third kappa shape index (κ3) is 6.69. The molecule has 0 atom stereocenters. The normalized spacial score (nSPS) is 11.2. The Labute approximate surface area is 188 Å². The van der Waals surface area contributed by atoms with Crippen LogP contribution in [0.5, 0.6) is 11.5 Å². The summed E-state index contributed by atoms with van der Waals surface area (Å²) in [6.07, 6.45) is 0. The minimum Gasteiger partial charge on any atom is -0.497 e. The summed E-state index contributed by atoms with van der Waals surface area (Å²) in [5.41, 5.74) is 0.908. The van der Waals surface area contributed by atoms with Gasteiger partial charge < -0.3 is 19.1 Å². The van der Waals surface area contributed by atoms with Gasteiger partial charge in [0.25, 0.3) is 5.91 Å². The predicted octanol–water partition coefficient (Wildman–Crippen LogP) is 2.21. The molecule has 0 aliphatic heterocycles. The molecule has 2 aromatic carbocycles. The average molecular weight is 465 g/mol. The Bertz CT molecular complexity index is 1030. The van der Waals surface area contributed by atoms with Gasteiger partial charge in [-0.25, -0.2) is 13.1 Å². The second kappa shape index (κ2) is 11.0. The van der Waals surface area contributed by atoms with E-state index in [1.807, 2.05) is 0 Å². The molecule has 0 saturated heterocycles. The van der Waals surface area contributed by atoms with Crippen LogP contribution in [0.15, 0.2) is 47.4 Å². The lowest BCUT2D eigenvalue weighted by molar-refractivity contribution is -0.141. The van der Waals surface area contributed by atoms with E-state index < -0.39 is 21.9 Å². The zero-order chi connectivity index (χ0) is 23.9. The van der Waals surface area contributed by atoms with E-state index in [0.29, 0.717) is 17.1 Å². The van der Waals surface area contributed by atoms with Crippen LogP contribution in [0.4, 0.5) is 0 Å². The first kappa shape index (κ1) is 25.2. The molecule has 0 spiro atoms. The highest BCUT2D eigenvalue weighted by atomic mass is 32.2. The molecule has 0 aliphatic rings. The highest BCUT2D eigenvalue weighted by Gasteiger charge is 2.22. The lowest BCUT2D eigenvalue weighted by atomic mass is 10.1. The summed E-state index contributed by atoms with van der Waals surface area (Å²) in [7, 11) is 0.578. The number of carbonyl (C=O) groups is 2. The van der Waals surface area contributed by atoms with Crippen molar-refractivity contribution in [2.45, 2.75) is 31.3 Å². The molecule has 174 valence electrons. The van der Waals surface area contributed by atoms with Crippen LogP contribution in [0.25, 0.3) is 0 Å². The van der Waals surface area contributed by atoms with E-state index in [0.717, 1.165) is 0 Å². The van der Waals surface area contributed by atoms with Gasteiger partial charge in [0.2, 0.25) is 10.0 Å². The summed E-state index contributed by atoms with van der Waals surface area (Å²) in [6, 6.07) is 10.4. The summed E-state index contributed by atoms with van der Waals surface area (Å²) in [5.74, 6) is 0.0283. The van der Waals surface area contributed by atoms with Crippen molar-refractivity contribution in [1.29, 1.82) is 0 Å². The van der Waals surface area contributed by atoms with Crippen molar-refractivity contribution in [2.24, 2.45) is 0 Å². The largest absolute Gasteiger partial charge is 0.497 e. The molecule has 2 aromatic rings. The van der Waals surface area contributed by atoms with Gasteiger partial charge >= 0.3 is 5.97 Å². The number of esters is 1. The van der Waals surface area contributed by atoms with Crippen LogP contribution in [0.2, 0.25) is 0 Å². The maximum Gasteiger partial charge on any atom is 0.325 e. The molecular weight excluding hydrogens is 436 g/mol. The lowest BCUT2D eigenvalue weighted by Gasteiger charge is -2.22. The molecule has 0 radical (unpaired) electrons. The molecule has 9 nitrogen and oxygen atoms in total. The minimum absolute atomic E-state index is 0.0415. The van der Waals surface area contributed by atoms with E-state index in [-0.39, 0.29) is 29.6 Å². The second-order valence-corrected chi connectivity index (χ2v) is 8.97. The molecule has 1 amide bonds. The zero-order valence-electron chi connectivity index (χ0n) is 18.7. The van der Waals surface area contributed by atoms with E-state index in [1.54, 1.807) is 32.0 Å². The summed E-state index contributed by atoms with van der Waals surface area (Å²) in [5, 5.41) is 0. The van der Waals surface area contributed by atoms with Crippen LogP contribution >= 0.6 is 0 Å². The molecule has 0 aromatic heterocycles. The average Bonchev–Trinajstić information content (AvgIpc) is 2.76. The lowest BCUT2D eigenvalue weighted by Crippen LogP contribution is -2.36. The molecule has 0 saturated carbocycles. The van der Waals surface area contributed by atoms with Gasteiger partial charge in [0.15, 0.2) is 0 Å². The Morgan fingerprint density at radius 1 is 0.969 bits per heavy atom. The van der Waals surface area contributed by atoms with Crippen LogP contribution in [-0.4, -0.2) is 59.1 Å². The van der Waals surface area contributed by atoms with Crippen molar-refractivity contribution in [1.82, 2.24) is 9.62 Å². The quantitative estimate of drug-likeness (QED) is 0.537. The van der Waals surface area contributed by atoms with E-state index >= 15 is 0 Å². The first-order chi connectivity index (χ1) is 15.1. The van der Waals surface area contributed by atoms with Gasteiger partial charge in [-0.3, -0.25) is 9.59 Å². The van der Waals surface area contributed by atoms with Gasteiger partial charge in [-0.05, 0) is 55.8 Å². The summed E-state index contributed by atoms with van der Waals surface area (Å²) in [4.78, 5) is 26.4.